The van der Waals surface area contributed by atoms with Crippen LogP contribution >= 0.6 is 11.8 Å². The quantitative estimate of drug-likeness (QED) is 0.196. The highest BCUT2D eigenvalue weighted by molar-refractivity contribution is 8.15. The fourth-order valence-corrected chi connectivity index (χ4v) is 5.34. The molecule has 3 aromatic carbocycles. The van der Waals surface area contributed by atoms with Crippen molar-refractivity contribution in [2.75, 3.05) is 22.6 Å². The standard InChI is InChI=1S/C30H26F4N6O4S/c1-3-5-18-6-10-22(43-4-2)15-25(18)40-26(41)16-45-29(40)37-28(42)36-24-13-7-19(14-23(24)31)27-35-17-39(38-27)20-8-11-21(12-9-20)44-30(32,33)34/h6-15,17H,3-5,16H2,1-2H3,(H,36,42)/b37-29-. The molecule has 1 saturated heterocycles. The number of hydrogen-bond donors (Lipinski definition) is 1. The van der Waals surface area contributed by atoms with Gasteiger partial charge in [-0.1, -0.05) is 31.2 Å². The molecule has 0 spiro atoms. The molecule has 234 valence electrons. The smallest absolute Gasteiger partial charge is 0.494 e. The summed E-state index contributed by atoms with van der Waals surface area (Å²) >= 11 is 1.10. The Hall–Kier alpha value is -4.92. The highest BCUT2D eigenvalue weighted by Crippen LogP contribution is 2.34. The minimum atomic E-state index is -4.81. The summed E-state index contributed by atoms with van der Waals surface area (Å²) in [6, 6.07) is 13.5. The number of carbonyl (C=O) groups is 2. The van der Waals surface area contributed by atoms with Gasteiger partial charge in [0.1, 0.15) is 23.6 Å². The Morgan fingerprint density at radius 3 is 2.51 bits per heavy atom. The Morgan fingerprint density at radius 2 is 1.82 bits per heavy atom. The number of ether oxygens (including phenoxy) is 2. The van der Waals surface area contributed by atoms with Gasteiger partial charge in [-0.05, 0) is 67.4 Å². The third-order valence-corrected chi connectivity index (χ3v) is 7.31. The zero-order valence-corrected chi connectivity index (χ0v) is 24.8. The Morgan fingerprint density at radius 1 is 1.07 bits per heavy atom. The maximum absolute atomic E-state index is 15.1. The first kappa shape index (κ1) is 31.5. The average molecular weight is 643 g/mol. The summed E-state index contributed by atoms with van der Waals surface area (Å²) in [7, 11) is 0. The molecule has 1 N–H and O–H groups in total. The third kappa shape index (κ3) is 7.60. The predicted octanol–water partition coefficient (Wildman–Crippen LogP) is 6.99. The molecule has 2 heterocycles. The normalized spacial score (nSPS) is 14.2. The molecule has 0 bridgehead atoms. The van der Waals surface area contributed by atoms with Gasteiger partial charge in [-0.3, -0.25) is 9.69 Å². The van der Waals surface area contributed by atoms with E-state index in [0.29, 0.717) is 30.2 Å². The molecule has 4 aromatic rings. The number of hydrogen-bond acceptors (Lipinski definition) is 7. The number of carbonyl (C=O) groups excluding carboxylic acids is 2. The van der Waals surface area contributed by atoms with Crippen molar-refractivity contribution in [2.24, 2.45) is 4.99 Å². The minimum absolute atomic E-state index is 0.0880. The Labute approximate surface area is 259 Å². The third-order valence-electron chi connectivity index (χ3n) is 6.39. The molecule has 5 rings (SSSR count). The van der Waals surface area contributed by atoms with Crippen molar-refractivity contribution in [1.82, 2.24) is 14.8 Å². The summed E-state index contributed by atoms with van der Waals surface area (Å²) in [4.78, 5) is 35.3. The largest absolute Gasteiger partial charge is 0.573 e. The van der Waals surface area contributed by atoms with Crippen LogP contribution in [-0.2, 0) is 11.2 Å². The summed E-state index contributed by atoms with van der Waals surface area (Å²) in [5.41, 5.74) is 2.01. The Bertz CT molecular complexity index is 1740. The van der Waals surface area contributed by atoms with Crippen LogP contribution in [0.1, 0.15) is 25.8 Å². The lowest BCUT2D eigenvalue weighted by atomic mass is 10.1. The van der Waals surface area contributed by atoms with Gasteiger partial charge in [0.05, 0.1) is 29.4 Å². The monoisotopic (exact) mass is 642 g/mol. The van der Waals surface area contributed by atoms with Gasteiger partial charge in [0, 0.05) is 11.6 Å². The zero-order chi connectivity index (χ0) is 32.1. The number of thioether (sulfide) groups is 1. The molecule has 1 aromatic heterocycles. The number of nitrogens with zero attached hydrogens (tertiary/aromatic N) is 5. The molecule has 15 heteroatoms. The van der Waals surface area contributed by atoms with Crippen molar-refractivity contribution in [3.8, 4) is 28.6 Å². The number of rotatable bonds is 9. The molecule has 0 atom stereocenters. The Balaban J connectivity index is 1.31. The number of urea groups is 1. The van der Waals surface area contributed by atoms with Gasteiger partial charge < -0.3 is 14.8 Å². The van der Waals surface area contributed by atoms with E-state index in [1.807, 2.05) is 26.0 Å². The second kappa shape index (κ2) is 13.4. The SMILES string of the molecule is CCCc1ccc(OCC)cc1N1C(=O)CS/C1=N\C(=O)Nc1ccc(-c2ncn(-c3ccc(OC(F)(F)F)cc3)n2)cc1F. The van der Waals surface area contributed by atoms with Crippen LogP contribution in [0.4, 0.5) is 33.7 Å². The molecule has 3 amide bonds. The number of amides is 3. The van der Waals surface area contributed by atoms with Crippen LogP contribution in [-0.4, -0.2) is 50.6 Å². The van der Waals surface area contributed by atoms with Crippen LogP contribution in [0.2, 0.25) is 0 Å². The first-order valence-electron chi connectivity index (χ1n) is 13.7. The molecule has 0 unspecified atom stereocenters. The van der Waals surface area contributed by atoms with E-state index in [0.717, 1.165) is 41.9 Å². The van der Waals surface area contributed by atoms with Crippen molar-refractivity contribution in [3.05, 3.63) is 78.4 Å². The van der Waals surface area contributed by atoms with E-state index >= 15 is 4.39 Å². The molecule has 1 aliphatic rings. The van der Waals surface area contributed by atoms with Crippen molar-refractivity contribution in [2.45, 2.75) is 33.1 Å². The minimum Gasteiger partial charge on any atom is -0.494 e. The number of amidine groups is 1. The summed E-state index contributed by atoms with van der Waals surface area (Å²) < 4.78 is 63.1. The molecular weight excluding hydrogens is 616 g/mol. The van der Waals surface area contributed by atoms with E-state index in [9.17, 15) is 22.8 Å². The first-order valence-corrected chi connectivity index (χ1v) is 14.7. The van der Waals surface area contributed by atoms with Gasteiger partial charge in [-0.2, -0.15) is 4.99 Å². The topological polar surface area (TPSA) is 111 Å². The summed E-state index contributed by atoms with van der Waals surface area (Å²) in [6.07, 6.45) is -1.96. The van der Waals surface area contributed by atoms with E-state index in [-0.39, 0.29) is 39.7 Å². The van der Waals surface area contributed by atoms with Crippen LogP contribution in [0, 0.1) is 5.82 Å². The van der Waals surface area contributed by atoms with Gasteiger partial charge >= 0.3 is 12.4 Å². The number of aromatic nitrogens is 3. The van der Waals surface area contributed by atoms with E-state index in [1.54, 1.807) is 6.07 Å². The highest BCUT2D eigenvalue weighted by Gasteiger charge is 2.33. The summed E-state index contributed by atoms with van der Waals surface area (Å²) in [6.45, 7) is 4.31. The zero-order valence-electron chi connectivity index (χ0n) is 24.0. The summed E-state index contributed by atoms with van der Waals surface area (Å²) in [5, 5.41) is 6.83. The average Bonchev–Trinajstić information content (AvgIpc) is 3.62. The van der Waals surface area contributed by atoms with E-state index < -0.39 is 18.2 Å². The van der Waals surface area contributed by atoms with Crippen molar-refractivity contribution < 1.29 is 36.6 Å². The number of aliphatic imine (C=N–C) groups is 1. The van der Waals surface area contributed by atoms with E-state index in [1.165, 1.54) is 40.2 Å². The highest BCUT2D eigenvalue weighted by atomic mass is 32.2. The summed E-state index contributed by atoms with van der Waals surface area (Å²) in [5.74, 6) is -0.616. The number of nitrogens with one attached hydrogen (secondary N) is 1. The molecule has 0 radical (unpaired) electrons. The fourth-order valence-electron chi connectivity index (χ4n) is 4.48. The van der Waals surface area contributed by atoms with Crippen molar-refractivity contribution in [3.63, 3.8) is 0 Å². The maximum Gasteiger partial charge on any atom is 0.573 e. The lowest BCUT2D eigenvalue weighted by molar-refractivity contribution is -0.274. The molecular formula is C30H26F4N6O4S. The number of benzene rings is 3. The number of aryl methyl sites for hydroxylation is 1. The molecule has 0 saturated carbocycles. The van der Waals surface area contributed by atoms with Gasteiger partial charge in [-0.15, -0.1) is 18.3 Å². The van der Waals surface area contributed by atoms with Gasteiger partial charge in [0.15, 0.2) is 11.0 Å². The molecule has 45 heavy (non-hydrogen) atoms. The van der Waals surface area contributed by atoms with Gasteiger partial charge in [0.25, 0.3) is 0 Å². The lowest BCUT2D eigenvalue weighted by Gasteiger charge is -2.21. The van der Waals surface area contributed by atoms with E-state index in [2.05, 4.69) is 25.1 Å². The molecule has 1 aliphatic heterocycles. The van der Waals surface area contributed by atoms with Crippen LogP contribution in [0.15, 0.2) is 72.0 Å². The molecule has 0 aliphatic carbocycles. The lowest BCUT2D eigenvalue weighted by Crippen LogP contribution is -2.31. The maximum atomic E-state index is 15.1. The number of anilines is 2. The predicted molar refractivity (Wildman–Crippen MR) is 161 cm³/mol. The fraction of sp³-hybridized carbons (Fsp3) is 0.233. The van der Waals surface area contributed by atoms with Crippen molar-refractivity contribution in [1.29, 1.82) is 0 Å². The second-order valence-electron chi connectivity index (χ2n) is 9.56. The molecule has 1 fully saturated rings. The molecule has 10 nitrogen and oxygen atoms in total. The van der Waals surface area contributed by atoms with Crippen molar-refractivity contribution >= 4 is 40.2 Å². The van der Waals surface area contributed by atoms with Crippen LogP contribution in [0.3, 0.4) is 0 Å². The Kier molecular flexibility index (Phi) is 9.37. The van der Waals surface area contributed by atoms with Crippen LogP contribution in [0.5, 0.6) is 11.5 Å². The number of halogens is 4. The van der Waals surface area contributed by atoms with E-state index in [4.69, 9.17) is 4.74 Å². The van der Waals surface area contributed by atoms with Gasteiger partial charge in [0.2, 0.25) is 5.91 Å². The first-order chi connectivity index (χ1) is 21.5. The van der Waals surface area contributed by atoms with Crippen LogP contribution in [0.25, 0.3) is 17.1 Å². The number of alkyl halides is 3. The van der Waals surface area contributed by atoms with Crippen LogP contribution < -0.4 is 19.7 Å². The van der Waals surface area contributed by atoms with Gasteiger partial charge in [-0.25, -0.2) is 18.9 Å². The second-order valence-corrected chi connectivity index (χ2v) is 10.5.